The molecule has 1 aliphatic carbocycles. The van der Waals surface area contributed by atoms with Gasteiger partial charge in [-0.1, -0.05) is 35.9 Å². The predicted molar refractivity (Wildman–Crippen MR) is 69.6 cm³/mol. The van der Waals surface area contributed by atoms with Crippen molar-refractivity contribution in [2.75, 3.05) is 5.32 Å². The first-order chi connectivity index (χ1) is 8.74. The van der Waals surface area contributed by atoms with Crippen LogP contribution >= 0.6 is 11.6 Å². The third-order valence-electron chi connectivity index (χ3n) is 3.11. The molecule has 1 aromatic heterocycles. The number of anilines is 1. The van der Waals surface area contributed by atoms with Gasteiger partial charge in [0.1, 0.15) is 0 Å². The Hall–Kier alpha value is -1.65. The summed E-state index contributed by atoms with van der Waals surface area (Å²) in [6, 6.07) is 7.82. The highest BCUT2D eigenvalue weighted by atomic mass is 35.5. The Morgan fingerprint density at radius 2 is 1.94 bits per heavy atom. The molecule has 92 valence electrons. The lowest BCUT2D eigenvalue weighted by atomic mass is 10.1. The first-order valence-electron chi connectivity index (χ1n) is 5.74. The van der Waals surface area contributed by atoms with Crippen molar-refractivity contribution < 1.29 is 5.11 Å². The SMILES string of the molecule is OC1Cc2ccccc2C1Nc1ncc(Cl)cn1. The molecule has 2 atom stereocenters. The molecule has 1 aromatic carbocycles. The normalized spacial score (nSPS) is 21.7. The summed E-state index contributed by atoms with van der Waals surface area (Å²) in [5, 5.41) is 13.7. The van der Waals surface area contributed by atoms with Gasteiger partial charge < -0.3 is 10.4 Å². The smallest absolute Gasteiger partial charge is 0.223 e. The molecule has 5 heteroatoms. The summed E-state index contributed by atoms with van der Waals surface area (Å²) >= 11 is 5.74. The number of aliphatic hydroxyl groups excluding tert-OH is 1. The number of fused-ring (bicyclic) bond motifs is 1. The van der Waals surface area contributed by atoms with E-state index in [0.29, 0.717) is 17.4 Å². The fourth-order valence-electron chi connectivity index (χ4n) is 2.27. The molecule has 0 amide bonds. The lowest BCUT2D eigenvalue weighted by Gasteiger charge is -2.17. The minimum Gasteiger partial charge on any atom is -0.390 e. The van der Waals surface area contributed by atoms with Crippen molar-refractivity contribution >= 4 is 17.5 Å². The molecule has 2 aromatic rings. The zero-order valence-corrected chi connectivity index (χ0v) is 10.3. The van der Waals surface area contributed by atoms with E-state index in [1.54, 1.807) is 0 Å². The Morgan fingerprint density at radius 1 is 1.22 bits per heavy atom. The molecular weight excluding hydrogens is 250 g/mol. The third-order valence-corrected chi connectivity index (χ3v) is 3.30. The van der Waals surface area contributed by atoms with E-state index in [2.05, 4.69) is 15.3 Å². The maximum Gasteiger partial charge on any atom is 0.223 e. The van der Waals surface area contributed by atoms with Crippen molar-refractivity contribution in [3.8, 4) is 0 Å². The van der Waals surface area contributed by atoms with Crippen molar-refractivity contribution in [3.05, 3.63) is 52.8 Å². The summed E-state index contributed by atoms with van der Waals surface area (Å²) in [6.45, 7) is 0. The fraction of sp³-hybridized carbons (Fsp3) is 0.231. The standard InChI is InChI=1S/C13H12ClN3O/c14-9-6-15-13(16-7-9)17-12-10-4-2-1-3-8(10)5-11(12)18/h1-4,6-7,11-12,18H,5H2,(H,15,16,17). The van der Waals surface area contributed by atoms with Crippen molar-refractivity contribution in [1.29, 1.82) is 0 Å². The average Bonchev–Trinajstić information content (AvgIpc) is 2.69. The van der Waals surface area contributed by atoms with Crippen LogP contribution in [-0.2, 0) is 6.42 Å². The number of halogens is 1. The van der Waals surface area contributed by atoms with Crippen LogP contribution < -0.4 is 5.32 Å². The molecule has 2 unspecified atom stereocenters. The van der Waals surface area contributed by atoms with Gasteiger partial charge in [0.2, 0.25) is 5.95 Å². The Morgan fingerprint density at radius 3 is 2.72 bits per heavy atom. The highest BCUT2D eigenvalue weighted by Crippen LogP contribution is 2.33. The first kappa shape index (κ1) is 11.4. The van der Waals surface area contributed by atoms with Gasteiger partial charge in [-0.2, -0.15) is 0 Å². The van der Waals surface area contributed by atoms with Crippen LogP contribution in [0.25, 0.3) is 0 Å². The summed E-state index contributed by atoms with van der Waals surface area (Å²) in [6.07, 6.45) is 3.26. The van der Waals surface area contributed by atoms with E-state index in [0.717, 1.165) is 11.1 Å². The van der Waals surface area contributed by atoms with Crippen LogP contribution in [0.4, 0.5) is 5.95 Å². The summed E-state index contributed by atoms with van der Waals surface area (Å²) in [4.78, 5) is 8.17. The zero-order valence-electron chi connectivity index (χ0n) is 9.55. The summed E-state index contributed by atoms with van der Waals surface area (Å²) in [5.41, 5.74) is 2.26. The van der Waals surface area contributed by atoms with E-state index in [-0.39, 0.29) is 6.04 Å². The minimum absolute atomic E-state index is 0.164. The molecule has 0 saturated heterocycles. The second kappa shape index (κ2) is 4.55. The second-order valence-electron chi connectivity index (χ2n) is 4.32. The molecule has 1 aliphatic rings. The van der Waals surface area contributed by atoms with Gasteiger partial charge in [-0.15, -0.1) is 0 Å². The first-order valence-corrected chi connectivity index (χ1v) is 6.12. The Bertz CT molecular complexity index is 558. The molecule has 18 heavy (non-hydrogen) atoms. The number of rotatable bonds is 2. The van der Waals surface area contributed by atoms with Gasteiger partial charge in [-0.05, 0) is 11.1 Å². The quantitative estimate of drug-likeness (QED) is 0.870. The number of nitrogens with one attached hydrogen (secondary N) is 1. The summed E-state index contributed by atoms with van der Waals surface area (Å²) in [7, 11) is 0. The minimum atomic E-state index is -0.457. The highest BCUT2D eigenvalue weighted by Gasteiger charge is 2.30. The van der Waals surface area contributed by atoms with E-state index < -0.39 is 6.10 Å². The van der Waals surface area contributed by atoms with E-state index in [4.69, 9.17) is 11.6 Å². The summed E-state index contributed by atoms with van der Waals surface area (Å²) < 4.78 is 0. The van der Waals surface area contributed by atoms with Crippen molar-refractivity contribution in [2.24, 2.45) is 0 Å². The molecule has 0 radical (unpaired) electrons. The van der Waals surface area contributed by atoms with E-state index in [1.807, 2.05) is 24.3 Å². The average molecular weight is 262 g/mol. The summed E-state index contributed by atoms with van der Waals surface area (Å²) in [5.74, 6) is 0.472. The topological polar surface area (TPSA) is 58.0 Å². The number of hydrogen-bond acceptors (Lipinski definition) is 4. The Labute approximate surface area is 110 Å². The largest absolute Gasteiger partial charge is 0.390 e. The van der Waals surface area contributed by atoms with Crippen LogP contribution in [0.15, 0.2) is 36.7 Å². The van der Waals surface area contributed by atoms with E-state index in [9.17, 15) is 5.11 Å². The maximum atomic E-state index is 10.1. The van der Waals surface area contributed by atoms with Gasteiger partial charge in [0.25, 0.3) is 0 Å². The monoisotopic (exact) mass is 261 g/mol. The molecular formula is C13H12ClN3O. The second-order valence-corrected chi connectivity index (χ2v) is 4.75. The van der Waals surface area contributed by atoms with Crippen LogP contribution in [0.1, 0.15) is 17.2 Å². The van der Waals surface area contributed by atoms with E-state index >= 15 is 0 Å². The molecule has 0 fully saturated rings. The highest BCUT2D eigenvalue weighted by molar-refractivity contribution is 6.30. The van der Waals surface area contributed by atoms with Crippen molar-refractivity contribution in [3.63, 3.8) is 0 Å². The number of aliphatic hydroxyl groups is 1. The predicted octanol–water partition coefficient (Wildman–Crippen LogP) is 2.20. The van der Waals surface area contributed by atoms with E-state index in [1.165, 1.54) is 12.4 Å². The van der Waals surface area contributed by atoms with Crippen LogP contribution in [0, 0.1) is 0 Å². The maximum absolute atomic E-state index is 10.1. The molecule has 0 spiro atoms. The number of nitrogens with zero attached hydrogens (tertiary/aromatic N) is 2. The molecule has 1 heterocycles. The number of hydrogen-bond donors (Lipinski definition) is 2. The molecule has 0 saturated carbocycles. The number of aromatic nitrogens is 2. The lowest BCUT2D eigenvalue weighted by molar-refractivity contribution is 0.165. The zero-order chi connectivity index (χ0) is 12.5. The molecule has 3 rings (SSSR count). The Balaban J connectivity index is 1.87. The Kier molecular flexibility index (Phi) is 2.89. The van der Waals surface area contributed by atoms with Gasteiger partial charge in [0.05, 0.1) is 29.6 Å². The molecule has 2 N–H and O–H groups in total. The van der Waals surface area contributed by atoms with Crippen LogP contribution in [0.5, 0.6) is 0 Å². The third kappa shape index (κ3) is 2.05. The van der Waals surface area contributed by atoms with Crippen molar-refractivity contribution in [1.82, 2.24) is 9.97 Å². The van der Waals surface area contributed by atoms with Gasteiger partial charge >= 0.3 is 0 Å². The number of benzene rings is 1. The molecule has 0 bridgehead atoms. The molecule has 0 aliphatic heterocycles. The van der Waals surface area contributed by atoms with Gasteiger partial charge in [0.15, 0.2) is 0 Å². The molecule has 4 nitrogen and oxygen atoms in total. The van der Waals surface area contributed by atoms with Crippen LogP contribution in [0.3, 0.4) is 0 Å². The fourth-order valence-corrected chi connectivity index (χ4v) is 2.37. The van der Waals surface area contributed by atoms with Gasteiger partial charge in [0, 0.05) is 6.42 Å². The van der Waals surface area contributed by atoms with Gasteiger partial charge in [-0.3, -0.25) is 0 Å². The van der Waals surface area contributed by atoms with Crippen molar-refractivity contribution in [2.45, 2.75) is 18.6 Å². The van der Waals surface area contributed by atoms with Gasteiger partial charge in [-0.25, -0.2) is 9.97 Å². The lowest BCUT2D eigenvalue weighted by Crippen LogP contribution is -2.22. The van der Waals surface area contributed by atoms with Crippen LogP contribution in [0.2, 0.25) is 5.02 Å². The van der Waals surface area contributed by atoms with Crippen LogP contribution in [-0.4, -0.2) is 21.2 Å².